The maximum Gasteiger partial charge on any atom is 0.228 e. The van der Waals surface area contributed by atoms with Crippen molar-refractivity contribution < 1.29 is 0 Å². The Balaban J connectivity index is 1.99. The Bertz CT molecular complexity index is 616. The highest BCUT2D eigenvalue weighted by Gasteiger charge is 2.09. The minimum absolute atomic E-state index is 0.449. The second kappa shape index (κ2) is 9.45. The summed E-state index contributed by atoms with van der Waals surface area (Å²) in [6.07, 6.45) is 0. The molecule has 0 unspecified atom stereocenters. The summed E-state index contributed by atoms with van der Waals surface area (Å²) < 4.78 is 0. The van der Waals surface area contributed by atoms with Crippen LogP contribution < -0.4 is 10.2 Å². The van der Waals surface area contributed by atoms with Crippen LogP contribution in [0.5, 0.6) is 0 Å². The molecule has 2 aromatic rings. The fraction of sp³-hybridized carbons (Fsp3) is 0.444. The summed E-state index contributed by atoms with van der Waals surface area (Å²) in [4.78, 5) is 13.3. The van der Waals surface area contributed by atoms with Gasteiger partial charge in [0.1, 0.15) is 11.0 Å². The Morgan fingerprint density at radius 2 is 1.79 bits per heavy atom. The third-order valence-corrected chi connectivity index (χ3v) is 4.11. The summed E-state index contributed by atoms with van der Waals surface area (Å²) in [5.41, 5.74) is 1.21. The van der Waals surface area contributed by atoms with Gasteiger partial charge in [-0.3, -0.25) is 0 Å². The molecule has 0 fully saturated rings. The van der Waals surface area contributed by atoms with Gasteiger partial charge in [-0.1, -0.05) is 55.8 Å². The van der Waals surface area contributed by atoms with Crippen molar-refractivity contribution in [3.05, 3.63) is 47.1 Å². The van der Waals surface area contributed by atoms with E-state index in [-0.39, 0.29) is 0 Å². The van der Waals surface area contributed by atoms with E-state index in [1.165, 1.54) is 5.56 Å². The molecule has 0 radical (unpaired) electrons. The van der Waals surface area contributed by atoms with Crippen LogP contribution in [0.3, 0.4) is 0 Å². The van der Waals surface area contributed by atoms with Gasteiger partial charge < -0.3 is 15.1 Å². The molecule has 1 aromatic carbocycles. The van der Waals surface area contributed by atoms with Crippen LogP contribution >= 0.6 is 11.6 Å². The molecule has 24 heavy (non-hydrogen) atoms. The van der Waals surface area contributed by atoms with E-state index in [4.69, 9.17) is 11.6 Å². The van der Waals surface area contributed by atoms with Crippen LogP contribution in [0.25, 0.3) is 0 Å². The molecule has 1 heterocycles. The summed E-state index contributed by atoms with van der Waals surface area (Å²) in [6.45, 7) is 8.98. The Labute approximate surface area is 149 Å². The van der Waals surface area contributed by atoms with Crippen LogP contribution in [0.1, 0.15) is 19.4 Å². The molecule has 0 aliphatic rings. The van der Waals surface area contributed by atoms with E-state index in [0.717, 1.165) is 38.5 Å². The number of nitrogens with one attached hydrogen (secondary N) is 1. The summed E-state index contributed by atoms with van der Waals surface area (Å²) in [5, 5.41) is 3.79. The molecule has 0 bridgehead atoms. The minimum atomic E-state index is 0.449. The van der Waals surface area contributed by atoms with Crippen molar-refractivity contribution in [3.63, 3.8) is 0 Å². The maximum atomic E-state index is 6.16. The first-order chi connectivity index (χ1) is 11.6. The Hall–Kier alpha value is -1.85. The number of nitrogens with zero attached hydrogens (tertiary/aromatic N) is 4. The molecule has 130 valence electrons. The third-order valence-electron chi connectivity index (χ3n) is 3.92. The highest BCUT2D eigenvalue weighted by molar-refractivity contribution is 6.29. The molecule has 0 aliphatic carbocycles. The molecule has 1 aromatic heterocycles. The van der Waals surface area contributed by atoms with E-state index in [2.05, 4.69) is 46.2 Å². The van der Waals surface area contributed by atoms with E-state index >= 15 is 0 Å². The second-order valence-electron chi connectivity index (χ2n) is 5.67. The number of anilines is 2. The lowest BCUT2D eigenvalue weighted by molar-refractivity contribution is 0.316. The quantitative estimate of drug-likeness (QED) is 0.703. The zero-order valence-electron chi connectivity index (χ0n) is 14.7. The predicted molar refractivity (Wildman–Crippen MR) is 102 cm³/mol. The fourth-order valence-electron chi connectivity index (χ4n) is 2.48. The van der Waals surface area contributed by atoms with E-state index in [1.807, 2.05) is 30.1 Å². The molecule has 6 heteroatoms. The average molecular weight is 348 g/mol. The van der Waals surface area contributed by atoms with Crippen molar-refractivity contribution in [1.82, 2.24) is 14.9 Å². The van der Waals surface area contributed by atoms with Crippen molar-refractivity contribution in [2.24, 2.45) is 0 Å². The summed E-state index contributed by atoms with van der Waals surface area (Å²) in [7, 11) is 1.97. The molecule has 0 aliphatic heterocycles. The first-order valence-electron chi connectivity index (χ1n) is 8.38. The molecule has 5 nitrogen and oxygen atoms in total. The third kappa shape index (κ3) is 5.65. The Kier molecular flexibility index (Phi) is 7.28. The highest BCUT2D eigenvalue weighted by Crippen LogP contribution is 2.18. The molecule has 0 saturated heterocycles. The number of rotatable bonds is 9. The maximum absolute atomic E-state index is 6.16. The van der Waals surface area contributed by atoms with Gasteiger partial charge in [0.2, 0.25) is 5.95 Å². The minimum Gasteiger partial charge on any atom is -0.369 e. The topological polar surface area (TPSA) is 44.3 Å². The lowest BCUT2D eigenvalue weighted by atomic mass is 10.2. The van der Waals surface area contributed by atoms with Crippen LogP contribution in [0.15, 0.2) is 36.4 Å². The van der Waals surface area contributed by atoms with Gasteiger partial charge in [-0.15, -0.1) is 0 Å². The molecular weight excluding hydrogens is 322 g/mol. The van der Waals surface area contributed by atoms with Crippen LogP contribution in [-0.4, -0.2) is 48.1 Å². The zero-order chi connectivity index (χ0) is 17.4. The van der Waals surface area contributed by atoms with Gasteiger partial charge in [-0.2, -0.15) is 4.98 Å². The van der Waals surface area contributed by atoms with Crippen molar-refractivity contribution in [2.75, 3.05) is 43.4 Å². The van der Waals surface area contributed by atoms with E-state index in [9.17, 15) is 0 Å². The van der Waals surface area contributed by atoms with Gasteiger partial charge in [0.15, 0.2) is 0 Å². The van der Waals surface area contributed by atoms with Gasteiger partial charge in [-0.25, -0.2) is 4.98 Å². The first kappa shape index (κ1) is 18.5. The van der Waals surface area contributed by atoms with Gasteiger partial charge in [0.05, 0.1) is 0 Å². The molecule has 0 atom stereocenters. The molecule has 1 N–H and O–H groups in total. The van der Waals surface area contributed by atoms with Gasteiger partial charge >= 0.3 is 0 Å². The van der Waals surface area contributed by atoms with E-state index in [0.29, 0.717) is 11.1 Å². The monoisotopic (exact) mass is 347 g/mol. The first-order valence-corrected chi connectivity index (χ1v) is 8.76. The summed E-state index contributed by atoms with van der Waals surface area (Å²) >= 11 is 6.16. The van der Waals surface area contributed by atoms with Crippen molar-refractivity contribution in [1.29, 1.82) is 0 Å². The van der Waals surface area contributed by atoms with Crippen molar-refractivity contribution >= 4 is 23.4 Å². The van der Waals surface area contributed by atoms with Gasteiger partial charge in [-0.05, 0) is 18.7 Å². The molecule has 0 saturated carbocycles. The SMILES string of the molecule is CCN(CC)CCNc1cc(Cl)nc(N(C)Cc2ccccc2)n1. The normalized spacial score (nSPS) is 10.9. The second-order valence-corrected chi connectivity index (χ2v) is 6.06. The van der Waals surface area contributed by atoms with Crippen LogP contribution in [0.4, 0.5) is 11.8 Å². The van der Waals surface area contributed by atoms with Crippen molar-refractivity contribution in [3.8, 4) is 0 Å². The standard InChI is InChI=1S/C18H26ClN5/c1-4-24(5-2)12-11-20-17-13-16(19)21-18(22-17)23(3)14-15-9-7-6-8-10-15/h6-10,13H,4-5,11-12,14H2,1-3H3,(H,20,21,22). The molecule has 0 spiro atoms. The largest absolute Gasteiger partial charge is 0.369 e. The molecule has 2 rings (SSSR count). The molecular formula is C18H26ClN5. The van der Waals surface area contributed by atoms with E-state index < -0.39 is 0 Å². The van der Waals surface area contributed by atoms with Crippen LogP contribution in [0.2, 0.25) is 5.15 Å². The average Bonchev–Trinajstić information content (AvgIpc) is 2.59. The molecule has 0 amide bonds. The summed E-state index contributed by atoms with van der Waals surface area (Å²) in [5.74, 6) is 1.38. The van der Waals surface area contributed by atoms with Gasteiger partial charge in [0, 0.05) is 32.7 Å². The number of benzene rings is 1. The van der Waals surface area contributed by atoms with Gasteiger partial charge in [0.25, 0.3) is 0 Å². The smallest absolute Gasteiger partial charge is 0.228 e. The van der Waals surface area contributed by atoms with Crippen molar-refractivity contribution in [2.45, 2.75) is 20.4 Å². The zero-order valence-corrected chi connectivity index (χ0v) is 15.4. The number of likely N-dealkylation sites (N-methyl/N-ethyl adjacent to an activating group) is 1. The highest BCUT2D eigenvalue weighted by atomic mass is 35.5. The summed E-state index contributed by atoms with van der Waals surface area (Å²) in [6, 6.07) is 12.0. The fourth-order valence-corrected chi connectivity index (χ4v) is 2.66. The Morgan fingerprint density at radius 1 is 1.08 bits per heavy atom. The van der Waals surface area contributed by atoms with Crippen LogP contribution in [-0.2, 0) is 6.54 Å². The number of hydrogen-bond acceptors (Lipinski definition) is 5. The van der Waals surface area contributed by atoms with Crippen LogP contribution in [0, 0.1) is 0 Å². The number of halogens is 1. The van der Waals surface area contributed by atoms with E-state index in [1.54, 1.807) is 6.07 Å². The predicted octanol–water partition coefficient (Wildman–Crippen LogP) is 3.52. The Morgan fingerprint density at radius 3 is 2.46 bits per heavy atom. The lowest BCUT2D eigenvalue weighted by Crippen LogP contribution is -2.29. The number of hydrogen-bond donors (Lipinski definition) is 1. The lowest BCUT2D eigenvalue weighted by Gasteiger charge is -2.20. The number of aromatic nitrogens is 2.